The van der Waals surface area contributed by atoms with E-state index in [1.807, 2.05) is 27.7 Å². The van der Waals surface area contributed by atoms with Crippen LogP contribution in [-0.2, 0) is 28.4 Å². The molecule has 0 bridgehead atoms. The van der Waals surface area contributed by atoms with Crippen LogP contribution in [0.2, 0.25) is 0 Å². The Balaban J connectivity index is 1.55. The molecule has 0 aromatic heterocycles. The first-order valence-corrected chi connectivity index (χ1v) is 9.27. The number of hydrogen-bond donors (Lipinski definition) is 0. The summed E-state index contributed by atoms with van der Waals surface area (Å²) in [4.78, 5) is 2.75. The van der Waals surface area contributed by atoms with E-state index in [9.17, 15) is 0 Å². The third kappa shape index (κ3) is 4.67. The second-order valence-corrected chi connectivity index (χ2v) is 7.79. The van der Waals surface area contributed by atoms with Crippen molar-refractivity contribution < 1.29 is 28.4 Å². The maximum atomic E-state index is 8.28. The van der Waals surface area contributed by atoms with Gasteiger partial charge >= 0.3 is 0 Å². The maximum Gasteiger partial charge on any atom is 0.190 e. The third-order valence-corrected chi connectivity index (χ3v) is 4.70. The normalized spacial score (nSPS) is 37.5. The van der Waals surface area contributed by atoms with Crippen LogP contribution in [0.5, 0.6) is 0 Å². The smallest absolute Gasteiger partial charge is 0.190 e. The van der Waals surface area contributed by atoms with Crippen molar-refractivity contribution in [3.8, 4) is 0 Å². The predicted octanol–water partition coefficient (Wildman–Crippen LogP) is 2.88. The minimum Gasteiger partial charge on any atom is -0.372 e. The zero-order valence-corrected chi connectivity index (χ0v) is 15.9. The zero-order chi connectivity index (χ0) is 18.8. The molecule has 5 atom stereocenters. The van der Waals surface area contributed by atoms with Crippen molar-refractivity contribution in [2.45, 2.75) is 89.2 Å². The summed E-state index contributed by atoms with van der Waals surface area (Å²) in [6.45, 7) is 9.06. The molecule has 0 amide bonds. The van der Waals surface area contributed by atoms with Gasteiger partial charge in [0.1, 0.15) is 24.4 Å². The summed E-state index contributed by atoms with van der Waals surface area (Å²) < 4.78 is 35.7. The highest BCUT2D eigenvalue weighted by atomic mass is 16.8. The lowest BCUT2D eigenvalue weighted by Crippen LogP contribution is -2.44. The fraction of sp³-hybridized carbons (Fsp3) is 1.00. The largest absolute Gasteiger partial charge is 0.372 e. The van der Waals surface area contributed by atoms with Gasteiger partial charge in [-0.15, -0.1) is 0 Å². The molecular formula is C17H29N3O6. The summed E-state index contributed by atoms with van der Waals surface area (Å²) in [5, 5.41) is 3.54. The van der Waals surface area contributed by atoms with E-state index in [0.29, 0.717) is 19.8 Å². The Labute approximate surface area is 153 Å². The molecule has 0 aliphatic carbocycles. The Bertz CT molecular complexity index is 537. The number of unbranched alkanes of at least 4 members (excludes halogenated alkanes) is 2. The Hall–Kier alpha value is -0.930. The summed E-state index contributed by atoms with van der Waals surface area (Å²) in [5.41, 5.74) is 8.28. The summed E-state index contributed by atoms with van der Waals surface area (Å²) in [6.07, 6.45) is 1.12. The zero-order valence-electron chi connectivity index (χ0n) is 15.9. The van der Waals surface area contributed by atoms with Crippen molar-refractivity contribution in [3.05, 3.63) is 10.4 Å². The first-order chi connectivity index (χ1) is 12.3. The molecule has 3 rings (SSSR count). The molecule has 0 aromatic carbocycles. The maximum absolute atomic E-state index is 8.28. The van der Waals surface area contributed by atoms with Gasteiger partial charge in [-0.3, -0.25) is 0 Å². The van der Waals surface area contributed by atoms with E-state index in [0.717, 1.165) is 19.3 Å². The van der Waals surface area contributed by atoms with Gasteiger partial charge in [-0.1, -0.05) is 11.5 Å². The molecule has 26 heavy (non-hydrogen) atoms. The lowest BCUT2D eigenvalue weighted by atomic mass is 10.1. The lowest BCUT2D eigenvalue weighted by Gasteiger charge is -2.29. The van der Waals surface area contributed by atoms with E-state index >= 15 is 0 Å². The topological polar surface area (TPSA) is 104 Å². The highest BCUT2D eigenvalue weighted by molar-refractivity contribution is 4.98. The molecule has 3 saturated heterocycles. The van der Waals surface area contributed by atoms with Crippen molar-refractivity contribution in [3.63, 3.8) is 0 Å². The van der Waals surface area contributed by atoms with E-state index in [-0.39, 0.29) is 24.4 Å². The lowest BCUT2D eigenvalue weighted by molar-refractivity contribution is -0.236. The fourth-order valence-corrected chi connectivity index (χ4v) is 3.60. The minimum absolute atomic E-state index is 0.221. The SMILES string of the molecule is CC1(C)O[C@H]2O[C@@H]([C@@H]3COC(C)(C)O3)[C@H](OCCCCCN=[N+]=[N-])[C@H]2O1. The van der Waals surface area contributed by atoms with Crippen LogP contribution in [-0.4, -0.2) is 62.0 Å². The summed E-state index contributed by atoms with van der Waals surface area (Å²) >= 11 is 0. The monoisotopic (exact) mass is 371 g/mol. The molecule has 3 heterocycles. The Morgan fingerprint density at radius 3 is 2.54 bits per heavy atom. The summed E-state index contributed by atoms with van der Waals surface area (Å²) in [5.74, 6) is -1.32. The van der Waals surface area contributed by atoms with Crippen molar-refractivity contribution in [1.29, 1.82) is 0 Å². The van der Waals surface area contributed by atoms with E-state index in [4.69, 9.17) is 34.0 Å². The molecule has 148 valence electrons. The molecule has 0 aromatic rings. The molecule has 3 fully saturated rings. The molecule has 0 N–H and O–H groups in total. The van der Waals surface area contributed by atoms with Gasteiger partial charge in [0.25, 0.3) is 0 Å². The van der Waals surface area contributed by atoms with Crippen LogP contribution in [0.3, 0.4) is 0 Å². The van der Waals surface area contributed by atoms with Crippen molar-refractivity contribution >= 4 is 0 Å². The molecule has 0 radical (unpaired) electrons. The Kier molecular flexibility index (Phi) is 6.08. The van der Waals surface area contributed by atoms with Crippen LogP contribution in [0, 0.1) is 0 Å². The van der Waals surface area contributed by atoms with E-state index in [2.05, 4.69) is 10.0 Å². The average Bonchev–Trinajstić information content (AvgIpc) is 3.16. The molecule has 3 aliphatic heterocycles. The predicted molar refractivity (Wildman–Crippen MR) is 91.2 cm³/mol. The van der Waals surface area contributed by atoms with Gasteiger partial charge in [-0.25, -0.2) is 0 Å². The molecular weight excluding hydrogens is 342 g/mol. The van der Waals surface area contributed by atoms with Crippen LogP contribution in [0.25, 0.3) is 10.4 Å². The second-order valence-electron chi connectivity index (χ2n) is 7.79. The van der Waals surface area contributed by atoms with Crippen molar-refractivity contribution in [1.82, 2.24) is 0 Å². The average molecular weight is 371 g/mol. The molecule has 3 aliphatic rings. The number of azide groups is 1. The van der Waals surface area contributed by atoms with Crippen LogP contribution in [0.4, 0.5) is 0 Å². The van der Waals surface area contributed by atoms with Crippen LogP contribution in [0.1, 0.15) is 47.0 Å². The summed E-state index contributed by atoms with van der Waals surface area (Å²) in [7, 11) is 0. The van der Waals surface area contributed by atoms with Gasteiger partial charge in [0.15, 0.2) is 17.9 Å². The number of rotatable bonds is 8. The molecule has 0 spiro atoms. The molecule has 9 heteroatoms. The molecule has 9 nitrogen and oxygen atoms in total. The van der Waals surface area contributed by atoms with Gasteiger partial charge in [-0.2, -0.15) is 0 Å². The van der Waals surface area contributed by atoms with Crippen molar-refractivity contribution in [2.24, 2.45) is 5.11 Å². The highest BCUT2D eigenvalue weighted by Crippen LogP contribution is 2.41. The standard InChI is InChI=1S/C17H29N3O6/c1-16(2)22-10-11(24-16)12-13(21-9-7-5-6-8-19-20-18)14-15(23-12)26-17(3,4)25-14/h11-15H,5-10H2,1-4H3/t11-,12-,13-,14+,15+/m0/s1. The van der Waals surface area contributed by atoms with Crippen LogP contribution < -0.4 is 0 Å². The number of fused-ring (bicyclic) bond motifs is 1. The summed E-state index contributed by atoms with van der Waals surface area (Å²) in [6, 6.07) is 0. The highest BCUT2D eigenvalue weighted by Gasteiger charge is 2.58. The number of ether oxygens (including phenoxy) is 6. The van der Waals surface area contributed by atoms with E-state index in [1.165, 1.54) is 0 Å². The Morgan fingerprint density at radius 1 is 1.04 bits per heavy atom. The minimum atomic E-state index is -0.691. The van der Waals surface area contributed by atoms with E-state index in [1.54, 1.807) is 0 Å². The third-order valence-electron chi connectivity index (χ3n) is 4.70. The van der Waals surface area contributed by atoms with Crippen LogP contribution in [0.15, 0.2) is 5.11 Å². The van der Waals surface area contributed by atoms with Gasteiger partial charge < -0.3 is 28.4 Å². The first kappa shape index (κ1) is 19.8. The van der Waals surface area contributed by atoms with Crippen LogP contribution >= 0.6 is 0 Å². The van der Waals surface area contributed by atoms with Gasteiger partial charge in [0.05, 0.1) is 6.61 Å². The first-order valence-electron chi connectivity index (χ1n) is 9.27. The molecule has 0 unspecified atom stereocenters. The molecule has 0 saturated carbocycles. The van der Waals surface area contributed by atoms with Gasteiger partial charge in [-0.05, 0) is 46.1 Å². The Morgan fingerprint density at radius 2 is 1.85 bits per heavy atom. The van der Waals surface area contributed by atoms with Gasteiger partial charge in [0, 0.05) is 18.1 Å². The second kappa shape index (κ2) is 7.98. The quantitative estimate of drug-likeness (QED) is 0.281. The number of hydrogen-bond acceptors (Lipinski definition) is 7. The van der Waals surface area contributed by atoms with Gasteiger partial charge in [0.2, 0.25) is 0 Å². The number of nitrogens with zero attached hydrogens (tertiary/aromatic N) is 3. The fourth-order valence-electron chi connectivity index (χ4n) is 3.60. The van der Waals surface area contributed by atoms with E-state index < -0.39 is 17.9 Å². The van der Waals surface area contributed by atoms with Crippen molar-refractivity contribution in [2.75, 3.05) is 19.8 Å².